The summed E-state index contributed by atoms with van der Waals surface area (Å²) in [7, 11) is -3.82. The molecule has 0 saturated carbocycles. The molecule has 0 fully saturated rings. The van der Waals surface area contributed by atoms with Gasteiger partial charge in [-0.1, -0.05) is 60.7 Å². The molecule has 0 N–H and O–H groups in total. The molecule has 6 aromatic rings. The van der Waals surface area contributed by atoms with Crippen LogP contribution in [-0.4, -0.2) is 15.0 Å². The van der Waals surface area contributed by atoms with E-state index in [4.69, 9.17) is 0 Å². The number of rotatable bonds is 6. The van der Waals surface area contributed by atoms with Gasteiger partial charge in [0.15, 0.2) is 24.6 Å². The Labute approximate surface area is 238 Å². The molecule has 0 spiro atoms. The SMILES string of the molecule is O=P(c1ccccc1)(c1ccccc1)c1cc(F)c(-c2nc(-c3ccc(F)cc3)nc(-c3ccc(F)cc3)n2)cc1F. The van der Waals surface area contributed by atoms with Crippen LogP contribution < -0.4 is 15.9 Å². The Morgan fingerprint density at radius 1 is 0.476 bits per heavy atom. The summed E-state index contributed by atoms with van der Waals surface area (Å²) < 4.78 is 73.9. The zero-order chi connectivity index (χ0) is 29.3. The summed E-state index contributed by atoms with van der Waals surface area (Å²) in [5.41, 5.74) is 0.509. The second-order valence-corrected chi connectivity index (χ2v) is 12.1. The van der Waals surface area contributed by atoms with Gasteiger partial charge in [-0.15, -0.1) is 0 Å². The standard InChI is InChI=1S/C33H20F4N3OP/c34-23-15-11-21(12-16-23)31-38-32(22-13-17-24(35)18-14-22)40-33(39-31)27-19-29(37)30(20-28(27)36)42(41,25-7-3-1-4-8-25)26-9-5-2-6-10-26/h1-20H. The van der Waals surface area contributed by atoms with E-state index in [1.165, 1.54) is 48.5 Å². The topological polar surface area (TPSA) is 55.7 Å². The third kappa shape index (κ3) is 5.13. The summed E-state index contributed by atoms with van der Waals surface area (Å²) in [6, 6.07) is 29.2. The minimum absolute atomic E-state index is 0.0717. The van der Waals surface area contributed by atoms with E-state index in [-0.39, 0.29) is 28.3 Å². The number of benzene rings is 5. The van der Waals surface area contributed by atoms with Crippen molar-refractivity contribution in [3.63, 3.8) is 0 Å². The van der Waals surface area contributed by atoms with Crippen molar-refractivity contribution in [3.8, 4) is 34.2 Å². The predicted molar refractivity (Wildman–Crippen MR) is 155 cm³/mol. The molecule has 0 aliphatic heterocycles. The van der Waals surface area contributed by atoms with Crippen LogP contribution in [0.5, 0.6) is 0 Å². The summed E-state index contributed by atoms with van der Waals surface area (Å²) in [5, 5.41) is 0.395. The Morgan fingerprint density at radius 2 is 0.905 bits per heavy atom. The second kappa shape index (κ2) is 11.1. The lowest BCUT2D eigenvalue weighted by molar-refractivity contribution is 0.585. The molecule has 0 aliphatic carbocycles. The van der Waals surface area contributed by atoms with Gasteiger partial charge in [-0.2, -0.15) is 0 Å². The van der Waals surface area contributed by atoms with Crippen LogP contribution in [0, 0.1) is 23.3 Å². The molecule has 1 aromatic heterocycles. The summed E-state index contributed by atoms with van der Waals surface area (Å²) in [5.74, 6) is -2.83. The molecular weight excluding hydrogens is 561 g/mol. The molecule has 0 aliphatic rings. The third-order valence-corrected chi connectivity index (χ3v) is 9.77. The summed E-state index contributed by atoms with van der Waals surface area (Å²) in [6.07, 6.45) is 0. The number of hydrogen-bond donors (Lipinski definition) is 0. The van der Waals surface area contributed by atoms with Crippen molar-refractivity contribution in [2.24, 2.45) is 0 Å². The maximum absolute atomic E-state index is 16.0. The van der Waals surface area contributed by atoms with Crippen LogP contribution in [0.4, 0.5) is 17.6 Å². The zero-order valence-electron chi connectivity index (χ0n) is 21.8. The summed E-state index contributed by atoms with van der Waals surface area (Å²) in [6.45, 7) is 0. The Morgan fingerprint density at radius 3 is 1.36 bits per heavy atom. The molecule has 0 bridgehead atoms. The van der Waals surface area contributed by atoms with Crippen molar-refractivity contribution < 1.29 is 22.1 Å². The van der Waals surface area contributed by atoms with E-state index in [0.717, 1.165) is 12.1 Å². The quantitative estimate of drug-likeness (QED) is 0.156. The third-order valence-electron chi connectivity index (χ3n) is 6.70. The Bertz CT molecular complexity index is 1830. The molecule has 0 radical (unpaired) electrons. The lowest BCUT2D eigenvalue weighted by Gasteiger charge is -2.21. The van der Waals surface area contributed by atoms with Gasteiger partial charge in [0.25, 0.3) is 0 Å². The van der Waals surface area contributed by atoms with Crippen LogP contribution in [0.3, 0.4) is 0 Å². The molecule has 0 amide bonds. The van der Waals surface area contributed by atoms with Crippen LogP contribution in [-0.2, 0) is 4.57 Å². The van der Waals surface area contributed by atoms with Crippen LogP contribution in [0.15, 0.2) is 121 Å². The average molecular weight is 582 g/mol. The Kier molecular flexibility index (Phi) is 7.23. The maximum Gasteiger partial charge on any atom is 0.174 e. The monoisotopic (exact) mass is 581 g/mol. The van der Waals surface area contributed by atoms with Crippen molar-refractivity contribution in [2.45, 2.75) is 0 Å². The highest BCUT2D eigenvalue weighted by atomic mass is 31.2. The lowest BCUT2D eigenvalue weighted by Crippen LogP contribution is -2.27. The van der Waals surface area contributed by atoms with Crippen molar-refractivity contribution in [1.82, 2.24) is 15.0 Å². The van der Waals surface area contributed by atoms with Gasteiger partial charge in [0, 0.05) is 21.7 Å². The van der Waals surface area contributed by atoms with Crippen molar-refractivity contribution in [1.29, 1.82) is 0 Å². The van der Waals surface area contributed by atoms with Crippen LogP contribution in [0.2, 0.25) is 0 Å². The highest BCUT2D eigenvalue weighted by molar-refractivity contribution is 7.85. The van der Waals surface area contributed by atoms with Gasteiger partial charge in [0.1, 0.15) is 23.3 Å². The van der Waals surface area contributed by atoms with E-state index < -0.39 is 30.4 Å². The molecule has 9 heteroatoms. The molecule has 42 heavy (non-hydrogen) atoms. The summed E-state index contributed by atoms with van der Waals surface area (Å²) in [4.78, 5) is 13.1. The molecule has 1 heterocycles. The van der Waals surface area contributed by atoms with Gasteiger partial charge in [-0.3, -0.25) is 0 Å². The fraction of sp³-hybridized carbons (Fsp3) is 0. The molecule has 0 unspecified atom stereocenters. The molecule has 206 valence electrons. The predicted octanol–water partition coefficient (Wildman–Crippen LogP) is 7.07. The van der Waals surface area contributed by atoms with Crippen molar-refractivity contribution in [2.75, 3.05) is 0 Å². The average Bonchev–Trinajstić information content (AvgIpc) is 3.03. The number of aromatic nitrogens is 3. The van der Waals surface area contributed by atoms with E-state index in [9.17, 15) is 13.3 Å². The molecule has 5 aromatic carbocycles. The first kappa shape index (κ1) is 27.2. The molecule has 6 rings (SSSR count). The Balaban J connectivity index is 1.54. The van der Waals surface area contributed by atoms with Crippen LogP contribution in [0.25, 0.3) is 34.2 Å². The van der Waals surface area contributed by atoms with Gasteiger partial charge < -0.3 is 4.57 Å². The molecule has 0 atom stereocenters. The minimum Gasteiger partial charge on any atom is -0.309 e. The number of halogens is 4. The minimum atomic E-state index is -3.82. The maximum atomic E-state index is 16.0. The first-order chi connectivity index (χ1) is 20.3. The fourth-order valence-electron chi connectivity index (χ4n) is 4.60. The molecule has 0 saturated heterocycles. The van der Waals surface area contributed by atoms with Crippen LogP contribution >= 0.6 is 7.14 Å². The van der Waals surface area contributed by atoms with Gasteiger partial charge in [-0.25, -0.2) is 32.5 Å². The normalized spacial score (nSPS) is 11.4. The molecule has 4 nitrogen and oxygen atoms in total. The van der Waals surface area contributed by atoms with Crippen LogP contribution in [0.1, 0.15) is 0 Å². The Hall–Kier alpha value is -4.94. The highest BCUT2D eigenvalue weighted by Crippen LogP contribution is 2.44. The fourth-order valence-corrected chi connectivity index (χ4v) is 7.30. The first-order valence-corrected chi connectivity index (χ1v) is 14.5. The van der Waals surface area contributed by atoms with Gasteiger partial charge in [-0.05, 0) is 60.7 Å². The van der Waals surface area contributed by atoms with E-state index in [1.807, 2.05) is 0 Å². The summed E-state index contributed by atoms with van der Waals surface area (Å²) >= 11 is 0. The number of nitrogens with zero attached hydrogens (tertiary/aromatic N) is 3. The first-order valence-electron chi connectivity index (χ1n) is 12.8. The largest absolute Gasteiger partial charge is 0.309 e. The van der Waals surface area contributed by atoms with E-state index >= 15 is 8.78 Å². The van der Waals surface area contributed by atoms with Gasteiger partial charge in [0.2, 0.25) is 0 Å². The zero-order valence-corrected chi connectivity index (χ0v) is 22.7. The van der Waals surface area contributed by atoms with E-state index in [0.29, 0.717) is 21.7 Å². The van der Waals surface area contributed by atoms with E-state index in [1.54, 1.807) is 60.7 Å². The van der Waals surface area contributed by atoms with Gasteiger partial charge >= 0.3 is 0 Å². The lowest BCUT2D eigenvalue weighted by atomic mass is 10.1. The second-order valence-electron chi connectivity index (χ2n) is 9.38. The number of hydrogen-bond acceptors (Lipinski definition) is 4. The van der Waals surface area contributed by atoms with Gasteiger partial charge in [0.05, 0.1) is 10.9 Å². The smallest absolute Gasteiger partial charge is 0.174 e. The highest BCUT2D eigenvalue weighted by Gasteiger charge is 2.34. The molecular formula is C33H20F4N3OP. The van der Waals surface area contributed by atoms with Crippen molar-refractivity contribution >= 4 is 23.1 Å². The van der Waals surface area contributed by atoms with Crippen molar-refractivity contribution in [3.05, 3.63) is 145 Å². The van der Waals surface area contributed by atoms with E-state index in [2.05, 4.69) is 15.0 Å².